The Balaban J connectivity index is 2.04. The summed E-state index contributed by atoms with van der Waals surface area (Å²) in [5.41, 5.74) is 2.39. The van der Waals surface area contributed by atoms with Crippen LogP contribution in [0.25, 0.3) is 0 Å². The van der Waals surface area contributed by atoms with E-state index in [9.17, 15) is 4.79 Å². The molecule has 0 unspecified atom stereocenters. The van der Waals surface area contributed by atoms with E-state index in [0.29, 0.717) is 17.5 Å². The van der Waals surface area contributed by atoms with E-state index in [-0.39, 0.29) is 12.5 Å². The lowest BCUT2D eigenvalue weighted by atomic mass is 9.95. The molecule has 0 aliphatic heterocycles. The molecule has 1 aromatic carbocycles. The second kappa shape index (κ2) is 7.37. The number of amides is 1. The summed E-state index contributed by atoms with van der Waals surface area (Å²) in [6.07, 6.45) is 1.84. The van der Waals surface area contributed by atoms with Gasteiger partial charge in [-0.25, -0.2) is 4.68 Å². The third-order valence-corrected chi connectivity index (χ3v) is 4.17. The number of hydrogen-bond donors (Lipinski definition) is 2. The smallest absolute Gasteiger partial charge is 0.249 e. The van der Waals surface area contributed by atoms with Gasteiger partial charge in [-0.1, -0.05) is 38.1 Å². The third kappa shape index (κ3) is 4.16. The summed E-state index contributed by atoms with van der Waals surface area (Å²) in [4.78, 5) is 12.3. The van der Waals surface area contributed by atoms with E-state index in [1.807, 2.05) is 6.20 Å². The Bertz CT molecular complexity index is 649. The fourth-order valence-electron chi connectivity index (χ4n) is 2.09. The van der Waals surface area contributed by atoms with Crippen molar-refractivity contribution in [3.8, 4) is 0 Å². The normalized spacial score (nSPS) is 13.8. The van der Waals surface area contributed by atoms with Crippen molar-refractivity contribution in [1.29, 1.82) is 0 Å². The summed E-state index contributed by atoms with van der Waals surface area (Å²) in [7, 11) is 0. The number of nitrogens with zero attached hydrogens (tertiary/aromatic N) is 3. The first kappa shape index (κ1) is 17.1. The van der Waals surface area contributed by atoms with E-state index in [0.717, 1.165) is 11.3 Å². The summed E-state index contributed by atoms with van der Waals surface area (Å²) in [5, 5.41) is 20.1. The summed E-state index contributed by atoms with van der Waals surface area (Å²) in [5.74, 6) is 0.606. The molecule has 124 valence electrons. The van der Waals surface area contributed by atoms with Gasteiger partial charge in [-0.15, -0.1) is 5.10 Å². The van der Waals surface area contributed by atoms with E-state index in [1.165, 1.54) is 0 Å². The minimum atomic E-state index is -0.451. The van der Waals surface area contributed by atoms with Crippen LogP contribution in [0.1, 0.15) is 50.9 Å². The number of aliphatic hydroxyl groups is 1. The van der Waals surface area contributed by atoms with Crippen molar-refractivity contribution >= 4 is 11.6 Å². The lowest BCUT2D eigenvalue weighted by Gasteiger charge is -2.13. The fraction of sp³-hybridized carbons (Fsp3) is 0.471. The van der Waals surface area contributed by atoms with Crippen LogP contribution in [-0.2, 0) is 11.4 Å². The SMILES string of the molecule is CC(C)[C@H](C)c1cn([C@@H](C)C(=O)Nc2ccc(CO)cc2)nn1. The van der Waals surface area contributed by atoms with Gasteiger partial charge in [0.05, 0.1) is 12.3 Å². The second-order valence-corrected chi connectivity index (χ2v) is 6.18. The van der Waals surface area contributed by atoms with Gasteiger partial charge in [0, 0.05) is 17.8 Å². The first-order valence-electron chi connectivity index (χ1n) is 7.84. The molecule has 2 N–H and O–H groups in total. The lowest BCUT2D eigenvalue weighted by molar-refractivity contribution is -0.119. The van der Waals surface area contributed by atoms with Gasteiger partial charge in [0.15, 0.2) is 0 Å². The predicted molar refractivity (Wildman–Crippen MR) is 89.0 cm³/mol. The highest BCUT2D eigenvalue weighted by molar-refractivity contribution is 5.93. The van der Waals surface area contributed by atoms with E-state index < -0.39 is 6.04 Å². The zero-order valence-corrected chi connectivity index (χ0v) is 14.0. The molecule has 2 aromatic rings. The highest BCUT2D eigenvalue weighted by atomic mass is 16.3. The van der Waals surface area contributed by atoms with Gasteiger partial charge in [-0.3, -0.25) is 4.79 Å². The Hall–Kier alpha value is -2.21. The van der Waals surface area contributed by atoms with Crippen LogP contribution < -0.4 is 5.32 Å². The molecule has 23 heavy (non-hydrogen) atoms. The molecule has 0 aliphatic carbocycles. The third-order valence-electron chi connectivity index (χ3n) is 4.17. The van der Waals surface area contributed by atoms with Crippen molar-refractivity contribution in [3.05, 3.63) is 41.7 Å². The summed E-state index contributed by atoms with van der Waals surface area (Å²) in [6, 6.07) is 6.64. The van der Waals surface area contributed by atoms with Crippen molar-refractivity contribution in [2.45, 2.75) is 46.3 Å². The Morgan fingerprint density at radius 2 is 1.87 bits per heavy atom. The largest absolute Gasteiger partial charge is 0.392 e. The van der Waals surface area contributed by atoms with Gasteiger partial charge in [-0.05, 0) is 30.5 Å². The molecule has 0 saturated carbocycles. The number of rotatable bonds is 6. The number of hydrogen-bond acceptors (Lipinski definition) is 4. The molecule has 2 rings (SSSR count). The van der Waals surface area contributed by atoms with Crippen molar-refractivity contribution in [2.24, 2.45) is 5.92 Å². The van der Waals surface area contributed by atoms with Gasteiger partial charge in [0.25, 0.3) is 0 Å². The number of benzene rings is 1. The molecular formula is C17H24N4O2. The first-order valence-corrected chi connectivity index (χ1v) is 7.84. The van der Waals surface area contributed by atoms with Gasteiger partial charge < -0.3 is 10.4 Å². The van der Waals surface area contributed by atoms with Crippen molar-refractivity contribution in [3.63, 3.8) is 0 Å². The summed E-state index contributed by atoms with van der Waals surface area (Å²) >= 11 is 0. The van der Waals surface area contributed by atoms with Crippen molar-refractivity contribution < 1.29 is 9.90 Å². The monoisotopic (exact) mass is 316 g/mol. The lowest BCUT2D eigenvalue weighted by Crippen LogP contribution is -2.24. The van der Waals surface area contributed by atoms with Gasteiger partial charge >= 0.3 is 0 Å². The second-order valence-electron chi connectivity index (χ2n) is 6.18. The zero-order chi connectivity index (χ0) is 17.0. The van der Waals surface area contributed by atoms with Crippen LogP contribution in [0.5, 0.6) is 0 Å². The quantitative estimate of drug-likeness (QED) is 0.858. The molecule has 1 aromatic heterocycles. The van der Waals surface area contributed by atoms with Crippen LogP contribution in [0.2, 0.25) is 0 Å². The average Bonchev–Trinajstić information content (AvgIpc) is 3.03. The maximum atomic E-state index is 12.3. The van der Waals surface area contributed by atoms with Crippen molar-refractivity contribution in [1.82, 2.24) is 15.0 Å². The van der Waals surface area contributed by atoms with Crippen LogP contribution >= 0.6 is 0 Å². The molecule has 1 amide bonds. The van der Waals surface area contributed by atoms with E-state index in [2.05, 4.69) is 36.4 Å². The fourth-order valence-corrected chi connectivity index (χ4v) is 2.09. The zero-order valence-electron chi connectivity index (χ0n) is 14.0. The number of aliphatic hydroxyl groups excluding tert-OH is 1. The molecule has 6 nitrogen and oxygen atoms in total. The highest BCUT2D eigenvalue weighted by Gasteiger charge is 2.20. The number of carbonyl (C=O) groups excluding carboxylic acids is 1. The molecule has 2 atom stereocenters. The molecular weight excluding hydrogens is 292 g/mol. The van der Waals surface area contributed by atoms with E-state index in [1.54, 1.807) is 35.9 Å². The predicted octanol–water partition coefficient (Wildman–Crippen LogP) is 2.73. The Morgan fingerprint density at radius 3 is 2.43 bits per heavy atom. The Labute approximate surface area is 136 Å². The van der Waals surface area contributed by atoms with Crippen LogP contribution in [0.4, 0.5) is 5.69 Å². The van der Waals surface area contributed by atoms with Crippen LogP contribution in [0.15, 0.2) is 30.5 Å². The summed E-state index contributed by atoms with van der Waals surface area (Å²) < 4.78 is 1.59. The average molecular weight is 316 g/mol. The molecule has 0 saturated heterocycles. The number of aromatic nitrogens is 3. The molecule has 0 radical (unpaired) electrons. The molecule has 6 heteroatoms. The maximum Gasteiger partial charge on any atom is 0.249 e. The van der Waals surface area contributed by atoms with E-state index >= 15 is 0 Å². The standard InChI is InChI=1S/C17H24N4O2/c1-11(2)12(3)16-9-21(20-19-16)13(4)17(23)18-15-7-5-14(10-22)6-8-15/h5-9,11-13,22H,10H2,1-4H3,(H,18,23)/t12-,13-/m0/s1. The molecule has 1 heterocycles. The first-order chi connectivity index (χ1) is 10.9. The maximum absolute atomic E-state index is 12.3. The minimum absolute atomic E-state index is 0.0135. The van der Waals surface area contributed by atoms with Crippen LogP contribution in [0, 0.1) is 5.92 Å². The number of carbonyl (C=O) groups is 1. The van der Waals surface area contributed by atoms with Gasteiger partial charge in [-0.2, -0.15) is 0 Å². The Morgan fingerprint density at radius 1 is 1.22 bits per heavy atom. The topological polar surface area (TPSA) is 80.0 Å². The van der Waals surface area contributed by atoms with Crippen molar-refractivity contribution in [2.75, 3.05) is 5.32 Å². The molecule has 0 spiro atoms. The Kier molecular flexibility index (Phi) is 5.50. The highest BCUT2D eigenvalue weighted by Crippen LogP contribution is 2.22. The van der Waals surface area contributed by atoms with Crippen LogP contribution in [-0.4, -0.2) is 26.0 Å². The number of nitrogens with one attached hydrogen (secondary N) is 1. The molecule has 0 fully saturated rings. The van der Waals surface area contributed by atoms with E-state index in [4.69, 9.17) is 5.11 Å². The van der Waals surface area contributed by atoms with Gasteiger partial charge in [0.1, 0.15) is 6.04 Å². The van der Waals surface area contributed by atoms with Crippen LogP contribution in [0.3, 0.4) is 0 Å². The molecule has 0 aliphatic rings. The summed E-state index contributed by atoms with van der Waals surface area (Å²) in [6.45, 7) is 8.15. The van der Waals surface area contributed by atoms with Gasteiger partial charge in [0.2, 0.25) is 5.91 Å². The minimum Gasteiger partial charge on any atom is -0.392 e. The molecule has 0 bridgehead atoms. The number of anilines is 1.